The van der Waals surface area contributed by atoms with Gasteiger partial charge < -0.3 is 10.4 Å². The van der Waals surface area contributed by atoms with Gasteiger partial charge in [-0.1, -0.05) is 36.8 Å². The van der Waals surface area contributed by atoms with E-state index in [0.29, 0.717) is 13.0 Å². The monoisotopic (exact) mass is 285 g/mol. The standard InChI is InChI=1S/C14H23NO3S/c1-3-15-14(7-8-16)11-19(17,18)10-13-6-4-5-12(2)9-13/h4-6,9,14-16H,3,7-8,10-11H2,1-2H3. The maximum Gasteiger partial charge on any atom is 0.155 e. The van der Waals surface area contributed by atoms with Gasteiger partial charge in [0.15, 0.2) is 9.84 Å². The molecule has 19 heavy (non-hydrogen) atoms. The Kier molecular flexibility index (Phi) is 6.48. The summed E-state index contributed by atoms with van der Waals surface area (Å²) >= 11 is 0. The van der Waals surface area contributed by atoms with Crippen molar-refractivity contribution in [1.29, 1.82) is 0 Å². The lowest BCUT2D eigenvalue weighted by molar-refractivity contribution is 0.270. The molecule has 1 aromatic carbocycles. The first-order chi connectivity index (χ1) is 8.96. The van der Waals surface area contributed by atoms with Crippen molar-refractivity contribution in [2.75, 3.05) is 18.9 Å². The molecular weight excluding hydrogens is 262 g/mol. The van der Waals surface area contributed by atoms with E-state index >= 15 is 0 Å². The molecule has 0 spiro atoms. The van der Waals surface area contributed by atoms with Gasteiger partial charge in [0.2, 0.25) is 0 Å². The number of benzene rings is 1. The van der Waals surface area contributed by atoms with Gasteiger partial charge in [0.25, 0.3) is 0 Å². The van der Waals surface area contributed by atoms with Crippen molar-refractivity contribution in [3.63, 3.8) is 0 Å². The number of hydrogen-bond acceptors (Lipinski definition) is 4. The van der Waals surface area contributed by atoms with Crippen molar-refractivity contribution in [2.24, 2.45) is 0 Å². The van der Waals surface area contributed by atoms with E-state index in [2.05, 4.69) is 5.32 Å². The quantitative estimate of drug-likeness (QED) is 0.755. The number of aliphatic hydroxyl groups excluding tert-OH is 1. The minimum absolute atomic E-state index is 0.00235. The maximum atomic E-state index is 12.1. The number of aliphatic hydroxyl groups is 1. The number of sulfone groups is 1. The minimum Gasteiger partial charge on any atom is -0.396 e. The topological polar surface area (TPSA) is 66.4 Å². The van der Waals surface area contributed by atoms with Gasteiger partial charge in [0.05, 0.1) is 11.5 Å². The molecule has 0 amide bonds. The minimum atomic E-state index is -3.17. The lowest BCUT2D eigenvalue weighted by atomic mass is 10.2. The Hall–Kier alpha value is -0.910. The molecule has 108 valence electrons. The molecule has 2 N–H and O–H groups in total. The molecule has 5 heteroatoms. The fourth-order valence-electron chi connectivity index (χ4n) is 2.11. The summed E-state index contributed by atoms with van der Waals surface area (Å²) in [5.74, 6) is 0.122. The fourth-order valence-corrected chi connectivity index (χ4v) is 3.81. The molecule has 0 aliphatic carbocycles. The Morgan fingerprint density at radius 3 is 2.68 bits per heavy atom. The van der Waals surface area contributed by atoms with E-state index in [9.17, 15) is 8.42 Å². The average Bonchev–Trinajstić information content (AvgIpc) is 2.28. The van der Waals surface area contributed by atoms with Crippen LogP contribution in [0.2, 0.25) is 0 Å². The van der Waals surface area contributed by atoms with Crippen molar-refractivity contribution < 1.29 is 13.5 Å². The summed E-state index contributed by atoms with van der Waals surface area (Å²) in [7, 11) is -3.17. The van der Waals surface area contributed by atoms with Crippen LogP contribution in [0.25, 0.3) is 0 Å². The van der Waals surface area contributed by atoms with Crippen molar-refractivity contribution in [2.45, 2.75) is 32.1 Å². The molecule has 0 bridgehead atoms. The summed E-state index contributed by atoms with van der Waals surface area (Å²) in [5.41, 5.74) is 1.88. The summed E-state index contributed by atoms with van der Waals surface area (Å²) in [6, 6.07) is 7.37. The van der Waals surface area contributed by atoms with Gasteiger partial charge in [0.1, 0.15) is 0 Å². The summed E-state index contributed by atoms with van der Waals surface area (Å²) in [6.07, 6.45) is 0.459. The first kappa shape index (κ1) is 16.1. The molecule has 4 nitrogen and oxygen atoms in total. The zero-order valence-corrected chi connectivity index (χ0v) is 12.4. The van der Waals surface area contributed by atoms with Crippen LogP contribution in [0.1, 0.15) is 24.5 Å². The first-order valence-electron chi connectivity index (χ1n) is 6.57. The van der Waals surface area contributed by atoms with E-state index in [1.54, 1.807) is 0 Å². The summed E-state index contributed by atoms with van der Waals surface area (Å²) < 4.78 is 24.3. The Labute approximate surface area is 115 Å². The van der Waals surface area contributed by atoms with Crippen molar-refractivity contribution in [1.82, 2.24) is 5.32 Å². The van der Waals surface area contributed by atoms with E-state index in [1.807, 2.05) is 38.1 Å². The van der Waals surface area contributed by atoms with Gasteiger partial charge in [-0.3, -0.25) is 0 Å². The van der Waals surface area contributed by atoms with Gasteiger partial charge in [-0.2, -0.15) is 0 Å². The van der Waals surface area contributed by atoms with Crippen LogP contribution in [-0.2, 0) is 15.6 Å². The van der Waals surface area contributed by atoms with Crippen LogP contribution in [0.3, 0.4) is 0 Å². The molecule has 1 aromatic rings. The van der Waals surface area contributed by atoms with Crippen molar-refractivity contribution in [3.05, 3.63) is 35.4 Å². The third kappa shape index (κ3) is 6.18. The second-order valence-electron chi connectivity index (χ2n) is 4.81. The van der Waals surface area contributed by atoms with Crippen LogP contribution in [0.15, 0.2) is 24.3 Å². The highest BCUT2D eigenvalue weighted by molar-refractivity contribution is 7.90. The Morgan fingerprint density at radius 1 is 1.37 bits per heavy atom. The Morgan fingerprint density at radius 2 is 2.11 bits per heavy atom. The van der Waals surface area contributed by atoms with Crippen LogP contribution in [0.5, 0.6) is 0 Å². The molecule has 0 radical (unpaired) electrons. The normalized spacial score (nSPS) is 13.4. The average molecular weight is 285 g/mol. The molecule has 0 heterocycles. The van der Waals surface area contributed by atoms with Gasteiger partial charge in [0, 0.05) is 12.6 Å². The van der Waals surface area contributed by atoms with Gasteiger partial charge >= 0.3 is 0 Å². The zero-order chi connectivity index (χ0) is 14.3. The van der Waals surface area contributed by atoms with E-state index in [0.717, 1.165) is 11.1 Å². The van der Waals surface area contributed by atoms with Gasteiger partial charge in [-0.05, 0) is 25.5 Å². The molecule has 0 saturated carbocycles. The van der Waals surface area contributed by atoms with Crippen LogP contribution >= 0.6 is 0 Å². The Balaban J connectivity index is 2.69. The molecule has 0 saturated heterocycles. The molecular formula is C14H23NO3S. The number of nitrogens with one attached hydrogen (secondary N) is 1. The van der Waals surface area contributed by atoms with Crippen molar-refractivity contribution in [3.8, 4) is 0 Å². The molecule has 1 unspecified atom stereocenters. The maximum absolute atomic E-state index is 12.1. The summed E-state index contributed by atoms with van der Waals surface area (Å²) in [6.45, 7) is 4.57. The second kappa shape index (κ2) is 7.62. The van der Waals surface area contributed by atoms with Gasteiger partial charge in [-0.15, -0.1) is 0 Å². The third-order valence-corrected chi connectivity index (χ3v) is 4.58. The highest BCUT2D eigenvalue weighted by Crippen LogP contribution is 2.10. The first-order valence-corrected chi connectivity index (χ1v) is 8.39. The van der Waals surface area contributed by atoms with Crippen LogP contribution in [0.4, 0.5) is 0 Å². The molecule has 0 aromatic heterocycles. The van der Waals surface area contributed by atoms with E-state index in [4.69, 9.17) is 5.11 Å². The molecule has 1 atom stereocenters. The zero-order valence-electron chi connectivity index (χ0n) is 11.6. The largest absolute Gasteiger partial charge is 0.396 e. The molecule has 0 aliphatic rings. The van der Waals surface area contributed by atoms with E-state index in [-0.39, 0.29) is 24.2 Å². The van der Waals surface area contributed by atoms with Crippen molar-refractivity contribution >= 4 is 9.84 Å². The van der Waals surface area contributed by atoms with Crippen LogP contribution in [0, 0.1) is 6.92 Å². The fraction of sp³-hybridized carbons (Fsp3) is 0.571. The number of hydrogen-bond donors (Lipinski definition) is 2. The summed E-state index contributed by atoms with van der Waals surface area (Å²) in [4.78, 5) is 0. The van der Waals surface area contributed by atoms with E-state index in [1.165, 1.54) is 0 Å². The van der Waals surface area contributed by atoms with Crippen LogP contribution in [-0.4, -0.2) is 38.5 Å². The summed E-state index contributed by atoms with van der Waals surface area (Å²) in [5, 5.41) is 12.0. The lowest BCUT2D eigenvalue weighted by Crippen LogP contribution is -2.36. The highest BCUT2D eigenvalue weighted by atomic mass is 32.2. The SMILES string of the molecule is CCNC(CCO)CS(=O)(=O)Cc1cccc(C)c1. The smallest absolute Gasteiger partial charge is 0.155 e. The molecule has 0 fully saturated rings. The lowest BCUT2D eigenvalue weighted by Gasteiger charge is -2.16. The Bertz CT molecular complexity index is 479. The number of aryl methyl sites for hydroxylation is 1. The molecule has 0 aliphatic heterocycles. The predicted molar refractivity (Wildman–Crippen MR) is 77.8 cm³/mol. The number of rotatable bonds is 8. The highest BCUT2D eigenvalue weighted by Gasteiger charge is 2.18. The van der Waals surface area contributed by atoms with Gasteiger partial charge in [-0.25, -0.2) is 8.42 Å². The van der Waals surface area contributed by atoms with Crippen LogP contribution < -0.4 is 5.32 Å². The predicted octanol–water partition coefficient (Wildman–Crippen LogP) is 1.27. The van der Waals surface area contributed by atoms with E-state index < -0.39 is 9.84 Å². The molecule has 1 rings (SSSR count). The second-order valence-corrected chi connectivity index (χ2v) is 6.92. The third-order valence-electron chi connectivity index (χ3n) is 2.89.